The fourth-order valence-electron chi connectivity index (χ4n) is 4.85. The van der Waals surface area contributed by atoms with Gasteiger partial charge in [0.25, 0.3) is 11.5 Å². The fourth-order valence-corrected chi connectivity index (χ4v) is 5.10. The Balaban J connectivity index is 1.45. The van der Waals surface area contributed by atoms with Crippen LogP contribution in [0.3, 0.4) is 0 Å². The smallest absolute Gasteiger partial charge is 0.282 e. The quantitative estimate of drug-likeness (QED) is 0.176. The number of rotatable bonds is 9. The number of ether oxygens (including phenoxy) is 2. The molecule has 0 aliphatic rings. The van der Waals surface area contributed by atoms with Crippen molar-refractivity contribution in [2.75, 3.05) is 19.0 Å². The first-order valence-corrected chi connectivity index (χ1v) is 14.6. The van der Waals surface area contributed by atoms with Crippen LogP contribution in [0.25, 0.3) is 22.3 Å². The highest BCUT2D eigenvalue weighted by atomic mass is 35.5. The summed E-state index contributed by atoms with van der Waals surface area (Å²) in [6, 6.07) is 23.8. The van der Waals surface area contributed by atoms with Crippen molar-refractivity contribution in [2.24, 2.45) is 5.10 Å². The van der Waals surface area contributed by atoms with Crippen molar-refractivity contribution in [1.82, 2.24) is 9.66 Å². The first kappa shape index (κ1) is 30.5. The molecule has 0 bridgehead atoms. The molecule has 0 fully saturated rings. The summed E-state index contributed by atoms with van der Waals surface area (Å²) in [7, 11) is 1.65. The second-order valence-electron chi connectivity index (χ2n) is 10.7. The summed E-state index contributed by atoms with van der Waals surface area (Å²) in [6.45, 7) is 7.84. The average Bonchev–Trinajstić information content (AvgIpc) is 3.01. The number of hydrogen-bond acceptors (Lipinski definition) is 6. The second kappa shape index (κ2) is 13.1. The van der Waals surface area contributed by atoms with E-state index in [1.165, 1.54) is 4.68 Å². The number of para-hydroxylation sites is 2. The number of benzene rings is 4. The van der Waals surface area contributed by atoms with E-state index < -0.39 is 0 Å². The molecular formula is C35H33ClN4O4. The van der Waals surface area contributed by atoms with Crippen molar-refractivity contribution in [3.8, 4) is 22.9 Å². The minimum absolute atomic E-state index is 0.185. The van der Waals surface area contributed by atoms with E-state index in [2.05, 4.69) is 24.3 Å². The standard InChI is InChI=1S/C35H33ClN4O4/c1-21(2)26-18-27(23(4)16-32(26)43-5)34-39-30-13-9-7-11-25(30)35(42)40(34)37-19-24-14-15-31(28(36)17-24)44-20-33(41)38-29-12-8-6-10-22(29)3/h6-19,21H,20H2,1-5H3,(H,38,41). The lowest BCUT2D eigenvalue weighted by Crippen LogP contribution is -2.21. The molecule has 5 rings (SSSR count). The summed E-state index contributed by atoms with van der Waals surface area (Å²) in [4.78, 5) is 31.0. The van der Waals surface area contributed by atoms with Crippen LogP contribution in [0.4, 0.5) is 5.69 Å². The Morgan fingerprint density at radius 1 is 1.00 bits per heavy atom. The summed E-state index contributed by atoms with van der Waals surface area (Å²) in [5, 5.41) is 8.17. The van der Waals surface area contributed by atoms with Gasteiger partial charge in [-0.05, 0) is 90.6 Å². The van der Waals surface area contributed by atoms with Crippen LogP contribution in [0.5, 0.6) is 11.5 Å². The van der Waals surface area contributed by atoms with Crippen molar-refractivity contribution < 1.29 is 14.3 Å². The maximum atomic E-state index is 13.7. The Kier molecular flexibility index (Phi) is 9.11. The number of carbonyl (C=O) groups excluding carboxylic acids is 1. The van der Waals surface area contributed by atoms with Gasteiger partial charge in [0.15, 0.2) is 12.4 Å². The molecule has 0 unspecified atom stereocenters. The molecule has 8 nitrogen and oxygen atoms in total. The van der Waals surface area contributed by atoms with Crippen molar-refractivity contribution >= 4 is 40.3 Å². The molecule has 1 N–H and O–H groups in total. The molecule has 0 atom stereocenters. The van der Waals surface area contributed by atoms with Gasteiger partial charge in [0.2, 0.25) is 0 Å². The number of nitrogens with zero attached hydrogens (tertiary/aromatic N) is 3. The largest absolute Gasteiger partial charge is 0.496 e. The minimum Gasteiger partial charge on any atom is -0.496 e. The van der Waals surface area contributed by atoms with Gasteiger partial charge in [-0.3, -0.25) is 9.59 Å². The number of fused-ring (bicyclic) bond motifs is 1. The van der Waals surface area contributed by atoms with Crippen LogP contribution in [-0.4, -0.2) is 35.5 Å². The van der Waals surface area contributed by atoms with Gasteiger partial charge in [-0.2, -0.15) is 9.78 Å². The van der Waals surface area contributed by atoms with E-state index in [0.29, 0.717) is 33.1 Å². The number of methoxy groups -OCH3 is 1. The van der Waals surface area contributed by atoms with Crippen molar-refractivity contribution in [2.45, 2.75) is 33.6 Å². The number of halogens is 1. The predicted octanol–water partition coefficient (Wildman–Crippen LogP) is 7.37. The van der Waals surface area contributed by atoms with Crippen LogP contribution in [0.1, 0.15) is 42.0 Å². The van der Waals surface area contributed by atoms with E-state index in [4.69, 9.17) is 26.1 Å². The molecule has 224 valence electrons. The summed E-state index contributed by atoms with van der Waals surface area (Å²) >= 11 is 6.50. The van der Waals surface area contributed by atoms with E-state index in [9.17, 15) is 9.59 Å². The number of nitrogens with one attached hydrogen (secondary N) is 1. The Hall–Kier alpha value is -4.95. The Morgan fingerprint density at radius 2 is 1.75 bits per heavy atom. The monoisotopic (exact) mass is 608 g/mol. The lowest BCUT2D eigenvalue weighted by atomic mass is 9.96. The fraction of sp³-hybridized carbons (Fsp3) is 0.200. The van der Waals surface area contributed by atoms with E-state index >= 15 is 0 Å². The van der Waals surface area contributed by atoms with Gasteiger partial charge >= 0.3 is 0 Å². The minimum atomic E-state index is -0.300. The van der Waals surface area contributed by atoms with Crippen LogP contribution >= 0.6 is 11.6 Å². The number of hydrogen-bond donors (Lipinski definition) is 1. The lowest BCUT2D eigenvalue weighted by molar-refractivity contribution is -0.118. The topological polar surface area (TPSA) is 94.8 Å². The number of anilines is 1. The van der Waals surface area contributed by atoms with Gasteiger partial charge in [0.05, 0.1) is 29.2 Å². The Bertz CT molecular complexity index is 1950. The van der Waals surface area contributed by atoms with E-state index in [-0.39, 0.29) is 24.0 Å². The van der Waals surface area contributed by atoms with Gasteiger partial charge in [-0.25, -0.2) is 4.98 Å². The molecule has 5 aromatic rings. The van der Waals surface area contributed by atoms with Crippen LogP contribution < -0.4 is 20.3 Å². The molecule has 0 saturated carbocycles. The number of aromatic nitrogens is 2. The number of amides is 1. The average molecular weight is 609 g/mol. The molecule has 0 aliphatic heterocycles. The Morgan fingerprint density at radius 3 is 2.48 bits per heavy atom. The zero-order chi connectivity index (χ0) is 31.4. The second-order valence-corrected chi connectivity index (χ2v) is 11.1. The molecule has 0 saturated heterocycles. The van der Waals surface area contributed by atoms with E-state index in [0.717, 1.165) is 33.7 Å². The molecule has 1 aromatic heterocycles. The summed E-state index contributed by atoms with van der Waals surface area (Å²) in [5.74, 6) is 1.43. The molecule has 1 heterocycles. The molecule has 0 radical (unpaired) electrons. The molecule has 0 aliphatic carbocycles. The molecule has 1 amide bonds. The maximum Gasteiger partial charge on any atom is 0.282 e. The van der Waals surface area contributed by atoms with E-state index in [1.54, 1.807) is 43.7 Å². The summed E-state index contributed by atoms with van der Waals surface area (Å²) in [5.41, 5.74) is 5.27. The number of carbonyl (C=O) groups is 1. The third-order valence-corrected chi connectivity index (χ3v) is 7.54. The predicted molar refractivity (Wildman–Crippen MR) is 177 cm³/mol. The third kappa shape index (κ3) is 6.50. The van der Waals surface area contributed by atoms with Crippen LogP contribution in [-0.2, 0) is 4.79 Å². The summed E-state index contributed by atoms with van der Waals surface area (Å²) < 4.78 is 12.6. The molecule has 44 heavy (non-hydrogen) atoms. The molecule has 4 aromatic carbocycles. The highest BCUT2D eigenvalue weighted by Crippen LogP contribution is 2.34. The molecular weight excluding hydrogens is 576 g/mol. The van der Waals surface area contributed by atoms with Crippen LogP contribution in [0.15, 0.2) is 88.8 Å². The van der Waals surface area contributed by atoms with Gasteiger partial charge in [0.1, 0.15) is 11.5 Å². The highest BCUT2D eigenvalue weighted by Gasteiger charge is 2.18. The van der Waals surface area contributed by atoms with Crippen molar-refractivity contribution in [3.05, 3.63) is 116 Å². The first-order chi connectivity index (χ1) is 21.2. The summed E-state index contributed by atoms with van der Waals surface area (Å²) in [6.07, 6.45) is 1.55. The Labute approximate surface area is 260 Å². The molecule has 9 heteroatoms. The van der Waals surface area contributed by atoms with Gasteiger partial charge in [-0.1, -0.05) is 55.8 Å². The van der Waals surface area contributed by atoms with Gasteiger partial charge < -0.3 is 14.8 Å². The van der Waals surface area contributed by atoms with Crippen LogP contribution in [0.2, 0.25) is 5.02 Å². The normalized spacial score (nSPS) is 11.3. The SMILES string of the molecule is COc1cc(C)c(-c2nc3ccccc3c(=O)n2N=Cc2ccc(OCC(=O)Nc3ccccc3C)c(Cl)c2)cc1C(C)C. The van der Waals surface area contributed by atoms with Gasteiger partial charge in [-0.15, -0.1) is 0 Å². The first-order valence-electron chi connectivity index (χ1n) is 14.2. The highest BCUT2D eigenvalue weighted by molar-refractivity contribution is 6.32. The van der Waals surface area contributed by atoms with Gasteiger partial charge in [0, 0.05) is 11.3 Å². The third-order valence-electron chi connectivity index (χ3n) is 7.25. The zero-order valence-corrected chi connectivity index (χ0v) is 26.0. The van der Waals surface area contributed by atoms with Crippen LogP contribution in [0, 0.1) is 13.8 Å². The van der Waals surface area contributed by atoms with Crippen molar-refractivity contribution in [3.63, 3.8) is 0 Å². The number of aryl methyl sites for hydroxylation is 2. The molecule has 0 spiro atoms. The lowest BCUT2D eigenvalue weighted by Gasteiger charge is -2.17. The maximum absolute atomic E-state index is 13.7. The zero-order valence-electron chi connectivity index (χ0n) is 25.2. The van der Waals surface area contributed by atoms with Crippen molar-refractivity contribution in [1.29, 1.82) is 0 Å². The van der Waals surface area contributed by atoms with E-state index in [1.807, 2.05) is 62.4 Å².